The SMILES string of the molecule is NC(CCNCc1c[nH]c2ccccc12)C(=O)O. The molecule has 0 amide bonds. The molecule has 5 heteroatoms. The fourth-order valence-electron chi connectivity index (χ4n) is 1.88. The van der Waals surface area contributed by atoms with Crippen molar-refractivity contribution in [1.82, 2.24) is 10.3 Å². The molecule has 1 aromatic heterocycles. The summed E-state index contributed by atoms with van der Waals surface area (Å²) >= 11 is 0. The van der Waals surface area contributed by atoms with Gasteiger partial charge in [0.25, 0.3) is 0 Å². The molecule has 1 aromatic carbocycles. The number of nitrogens with one attached hydrogen (secondary N) is 2. The summed E-state index contributed by atoms with van der Waals surface area (Å²) in [5, 5.41) is 13.0. The summed E-state index contributed by atoms with van der Waals surface area (Å²) in [6, 6.07) is 7.29. The van der Waals surface area contributed by atoms with Gasteiger partial charge >= 0.3 is 5.97 Å². The van der Waals surface area contributed by atoms with Crippen LogP contribution in [-0.4, -0.2) is 28.6 Å². The highest BCUT2D eigenvalue weighted by atomic mass is 16.4. The highest BCUT2D eigenvalue weighted by Crippen LogP contribution is 2.17. The van der Waals surface area contributed by atoms with E-state index in [9.17, 15) is 4.79 Å². The zero-order chi connectivity index (χ0) is 13.0. The monoisotopic (exact) mass is 247 g/mol. The molecule has 0 aliphatic carbocycles. The van der Waals surface area contributed by atoms with E-state index in [-0.39, 0.29) is 0 Å². The first kappa shape index (κ1) is 12.6. The van der Waals surface area contributed by atoms with E-state index in [0.717, 1.165) is 5.52 Å². The van der Waals surface area contributed by atoms with Crippen LogP contribution in [0.1, 0.15) is 12.0 Å². The van der Waals surface area contributed by atoms with Crippen molar-refractivity contribution in [3.05, 3.63) is 36.0 Å². The quantitative estimate of drug-likeness (QED) is 0.574. The number of fused-ring (bicyclic) bond motifs is 1. The number of para-hydroxylation sites is 1. The van der Waals surface area contributed by atoms with E-state index in [4.69, 9.17) is 10.8 Å². The van der Waals surface area contributed by atoms with Crippen molar-refractivity contribution in [2.24, 2.45) is 5.73 Å². The van der Waals surface area contributed by atoms with Gasteiger partial charge in [-0.1, -0.05) is 18.2 Å². The molecule has 1 atom stereocenters. The third-order valence-electron chi connectivity index (χ3n) is 2.94. The van der Waals surface area contributed by atoms with Gasteiger partial charge in [0.1, 0.15) is 6.04 Å². The Labute approximate surface area is 105 Å². The summed E-state index contributed by atoms with van der Waals surface area (Å²) in [5.41, 5.74) is 7.70. The minimum Gasteiger partial charge on any atom is -0.480 e. The lowest BCUT2D eigenvalue weighted by Gasteiger charge is -2.07. The third kappa shape index (κ3) is 2.88. The topological polar surface area (TPSA) is 91.1 Å². The van der Waals surface area contributed by atoms with Gasteiger partial charge in [0.15, 0.2) is 0 Å². The maximum Gasteiger partial charge on any atom is 0.320 e. The minimum absolute atomic E-state index is 0.428. The Kier molecular flexibility index (Phi) is 3.96. The van der Waals surface area contributed by atoms with E-state index in [1.807, 2.05) is 24.4 Å². The zero-order valence-electron chi connectivity index (χ0n) is 10.0. The molecule has 18 heavy (non-hydrogen) atoms. The summed E-state index contributed by atoms with van der Waals surface area (Å²) in [6.45, 7) is 1.29. The Morgan fingerprint density at radius 2 is 2.22 bits per heavy atom. The number of carboxylic acid groups (broad SMARTS) is 1. The van der Waals surface area contributed by atoms with Crippen LogP contribution < -0.4 is 11.1 Å². The first-order valence-electron chi connectivity index (χ1n) is 5.92. The molecule has 0 fully saturated rings. The maximum atomic E-state index is 10.5. The Balaban J connectivity index is 1.85. The average molecular weight is 247 g/mol. The molecule has 1 heterocycles. The predicted octanol–water partition coefficient (Wildman–Crippen LogP) is 1.06. The number of aromatic nitrogens is 1. The van der Waals surface area contributed by atoms with Crippen LogP contribution in [0.15, 0.2) is 30.5 Å². The molecule has 5 N–H and O–H groups in total. The van der Waals surface area contributed by atoms with Crippen molar-refractivity contribution < 1.29 is 9.90 Å². The summed E-state index contributed by atoms with van der Waals surface area (Å²) < 4.78 is 0. The molecule has 0 spiro atoms. The van der Waals surface area contributed by atoms with E-state index >= 15 is 0 Å². The summed E-state index contributed by atoms with van der Waals surface area (Å²) in [7, 11) is 0. The first-order valence-corrected chi connectivity index (χ1v) is 5.92. The number of hydrogen-bond donors (Lipinski definition) is 4. The van der Waals surface area contributed by atoms with Crippen molar-refractivity contribution in [2.75, 3.05) is 6.54 Å². The number of H-pyrrole nitrogens is 1. The highest BCUT2D eigenvalue weighted by molar-refractivity contribution is 5.82. The second kappa shape index (κ2) is 5.66. The van der Waals surface area contributed by atoms with E-state index in [1.165, 1.54) is 10.9 Å². The predicted molar refractivity (Wildman–Crippen MR) is 70.2 cm³/mol. The molecule has 96 valence electrons. The molecule has 0 radical (unpaired) electrons. The Morgan fingerprint density at radius 1 is 1.44 bits per heavy atom. The molecule has 0 aliphatic heterocycles. The average Bonchev–Trinajstić information content (AvgIpc) is 2.77. The van der Waals surface area contributed by atoms with E-state index in [1.54, 1.807) is 0 Å². The van der Waals surface area contributed by atoms with Crippen LogP contribution >= 0.6 is 0 Å². The van der Waals surface area contributed by atoms with Crippen molar-refractivity contribution in [3.63, 3.8) is 0 Å². The minimum atomic E-state index is -0.955. The number of nitrogens with two attached hydrogens (primary N) is 1. The molecule has 0 saturated carbocycles. The number of carboxylic acids is 1. The van der Waals surface area contributed by atoms with Gasteiger partial charge in [-0.3, -0.25) is 4.79 Å². The van der Waals surface area contributed by atoms with Gasteiger partial charge in [-0.15, -0.1) is 0 Å². The van der Waals surface area contributed by atoms with Crippen LogP contribution in [0.2, 0.25) is 0 Å². The van der Waals surface area contributed by atoms with Gasteiger partial charge in [-0.05, 0) is 24.6 Å². The molecule has 0 saturated heterocycles. The second-order valence-electron chi connectivity index (χ2n) is 4.27. The van der Waals surface area contributed by atoms with E-state index in [0.29, 0.717) is 19.5 Å². The lowest BCUT2D eigenvalue weighted by atomic mass is 10.1. The molecule has 2 aromatic rings. The number of carbonyl (C=O) groups is 1. The Hall–Kier alpha value is -1.85. The van der Waals surface area contributed by atoms with Gasteiger partial charge in [0, 0.05) is 23.6 Å². The number of benzene rings is 1. The van der Waals surface area contributed by atoms with Gasteiger partial charge in [0.2, 0.25) is 0 Å². The summed E-state index contributed by atoms with van der Waals surface area (Å²) in [6.07, 6.45) is 2.40. The summed E-state index contributed by atoms with van der Waals surface area (Å²) in [4.78, 5) is 13.7. The largest absolute Gasteiger partial charge is 0.480 e. The van der Waals surface area contributed by atoms with Gasteiger partial charge in [-0.25, -0.2) is 0 Å². The lowest BCUT2D eigenvalue weighted by molar-refractivity contribution is -0.138. The number of rotatable bonds is 6. The molecule has 1 unspecified atom stereocenters. The summed E-state index contributed by atoms with van der Waals surface area (Å²) in [5.74, 6) is -0.955. The van der Waals surface area contributed by atoms with Crippen LogP contribution in [0.5, 0.6) is 0 Å². The first-order chi connectivity index (χ1) is 8.68. The van der Waals surface area contributed by atoms with Crippen molar-refractivity contribution >= 4 is 16.9 Å². The third-order valence-corrected chi connectivity index (χ3v) is 2.94. The molecule has 0 bridgehead atoms. The smallest absolute Gasteiger partial charge is 0.320 e. The van der Waals surface area contributed by atoms with Gasteiger partial charge in [0.05, 0.1) is 0 Å². The number of aliphatic carboxylic acids is 1. The van der Waals surface area contributed by atoms with Gasteiger partial charge in [-0.2, -0.15) is 0 Å². The number of aromatic amines is 1. The standard InChI is InChI=1S/C13H17N3O2/c14-11(13(17)18)5-6-15-7-9-8-16-12-4-2-1-3-10(9)12/h1-4,8,11,15-16H,5-7,14H2,(H,17,18). The Bertz CT molecular complexity index is 536. The van der Waals surface area contributed by atoms with Crippen LogP contribution in [0.4, 0.5) is 0 Å². The van der Waals surface area contributed by atoms with Crippen molar-refractivity contribution in [3.8, 4) is 0 Å². The van der Waals surface area contributed by atoms with Crippen LogP contribution in [0.3, 0.4) is 0 Å². The molecule has 2 rings (SSSR count). The normalized spacial score (nSPS) is 12.7. The van der Waals surface area contributed by atoms with Crippen LogP contribution in [0, 0.1) is 0 Å². The van der Waals surface area contributed by atoms with E-state index in [2.05, 4.69) is 16.4 Å². The molecular weight excluding hydrogens is 230 g/mol. The maximum absolute atomic E-state index is 10.5. The van der Waals surface area contributed by atoms with Crippen LogP contribution in [-0.2, 0) is 11.3 Å². The lowest BCUT2D eigenvalue weighted by Crippen LogP contribution is -2.33. The fraction of sp³-hybridized carbons (Fsp3) is 0.308. The molecule has 0 aliphatic rings. The van der Waals surface area contributed by atoms with Crippen molar-refractivity contribution in [1.29, 1.82) is 0 Å². The van der Waals surface area contributed by atoms with E-state index < -0.39 is 12.0 Å². The van der Waals surface area contributed by atoms with Gasteiger partial charge < -0.3 is 21.1 Å². The zero-order valence-corrected chi connectivity index (χ0v) is 10.0. The van der Waals surface area contributed by atoms with Crippen LogP contribution in [0.25, 0.3) is 10.9 Å². The molecule has 5 nitrogen and oxygen atoms in total. The highest BCUT2D eigenvalue weighted by Gasteiger charge is 2.10. The molecular formula is C13H17N3O2. The Morgan fingerprint density at radius 3 is 3.00 bits per heavy atom. The fourth-order valence-corrected chi connectivity index (χ4v) is 1.88. The van der Waals surface area contributed by atoms with Crippen molar-refractivity contribution in [2.45, 2.75) is 19.0 Å². The number of hydrogen-bond acceptors (Lipinski definition) is 3. The second-order valence-corrected chi connectivity index (χ2v) is 4.27.